The minimum Gasteiger partial charge on any atom is -0.344 e. The van der Waals surface area contributed by atoms with Gasteiger partial charge in [0, 0.05) is 52.9 Å². The Morgan fingerprint density at radius 2 is 1.57 bits per heavy atom. The molecule has 0 spiro atoms. The standard InChI is InChI=1S/C16H27N5O2/c1-18(6-4-5-17)15(22)13-19-9-11-20(12-10-19)14-16(23)21-7-2-3-8-21/h2-4,6-14H2,1H3. The maximum atomic E-state index is 12.1. The lowest BCUT2D eigenvalue weighted by Crippen LogP contribution is -2.51. The number of piperazine rings is 1. The van der Waals surface area contributed by atoms with E-state index in [1.54, 1.807) is 11.9 Å². The summed E-state index contributed by atoms with van der Waals surface area (Å²) >= 11 is 0. The molecule has 2 amide bonds. The Morgan fingerprint density at radius 1 is 1.00 bits per heavy atom. The van der Waals surface area contributed by atoms with Crippen molar-refractivity contribution in [2.75, 3.05) is 66.0 Å². The third-order valence-corrected chi connectivity index (χ3v) is 4.63. The second-order valence-corrected chi connectivity index (χ2v) is 6.36. The van der Waals surface area contributed by atoms with Crippen molar-refractivity contribution < 1.29 is 9.59 Å². The van der Waals surface area contributed by atoms with Gasteiger partial charge in [0.15, 0.2) is 0 Å². The summed E-state index contributed by atoms with van der Waals surface area (Å²) in [5.74, 6) is 0.296. The molecule has 7 heteroatoms. The molecule has 0 unspecified atom stereocenters. The highest BCUT2D eigenvalue weighted by atomic mass is 16.2. The van der Waals surface area contributed by atoms with E-state index in [4.69, 9.17) is 5.26 Å². The first-order valence-electron chi connectivity index (χ1n) is 8.43. The van der Waals surface area contributed by atoms with Crippen LogP contribution in [0.4, 0.5) is 0 Å². The molecule has 0 aromatic carbocycles. The third kappa shape index (κ3) is 5.48. The molecule has 0 N–H and O–H groups in total. The molecule has 2 saturated heterocycles. The van der Waals surface area contributed by atoms with Crippen LogP contribution < -0.4 is 0 Å². The molecular weight excluding hydrogens is 294 g/mol. The molecule has 2 heterocycles. The van der Waals surface area contributed by atoms with Gasteiger partial charge in [-0.2, -0.15) is 5.26 Å². The number of rotatable bonds is 6. The number of hydrogen-bond acceptors (Lipinski definition) is 5. The number of nitriles is 1. The maximum Gasteiger partial charge on any atom is 0.236 e. The quantitative estimate of drug-likeness (QED) is 0.666. The van der Waals surface area contributed by atoms with Gasteiger partial charge in [-0.25, -0.2) is 0 Å². The third-order valence-electron chi connectivity index (χ3n) is 4.63. The monoisotopic (exact) mass is 321 g/mol. The number of nitrogens with zero attached hydrogens (tertiary/aromatic N) is 5. The molecular formula is C16H27N5O2. The summed E-state index contributed by atoms with van der Waals surface area (Å²) in [6, 6.07) is 2.05. The summed E-state index contributed by atoms with van der Waals surface area (Å²) in [5.41, 5.74) is 0. The number of likely N-dealkylation sites (tertiary alicyclic amines) is 1. The van der Waals surface area contributed by atoms with Gasteiger partial charge in [0.1, 0.15) is 0 Å². The predicted octanol–water partition coefficient (Wildman–Crippen LogP) is -0.402. The zero-order valence-electron chi connectivity index (χ0n) is 14.0. The van der Waals surface area contributed by atoms with Gasteiger partial charge in [0.2, 0.25) is 11.8 Å². The molecule has 128 valence electrons. The van der Waals surface area contributed by atoms with Gasteiger partial charge >= 0.3 is 0 Å². The summed E-state index contributed by atoms with van der Waals surface area (Å²) in [6.45, 7) is 6.48. The van der Waals surface area contributed by atoms with Gasteiger partial charge in [-0.1, -0.05) is 0 Å². The first kappa shape index (κ1) is 17.7. The molecule has 0 saturated carbocycles. The van der Waals surface area contributed by atoms with E-state index in [1.807, 2.05) is 4.90 Å². The van der Waals surface area contributed by atoms with E-state index >= 15 is 0 Å². The highest BCUT2D eigenvalue weighted by Crippen LogP contribution is 2.09. The highest BCUT2D eigenvalue weighted by Gasteiger charge is 2.24. The first-order chi connectivity index (χ1) is 11.1. The average Bonchev–Trinajstić information content (AvgIpc) is 3.09. The van der Waals surface area contributed by atoms with Crippen LogP contribution in [0.2, 0.25) is 0 Å². The lowest BCUT2D eigenvalue weighted by Gasteiger charge is -2.35. The smallest absolute Gasteiger partial charge is 0.236 e. The van der Waals surface area contributed by atoms with E-state index in [-0.39, 0.29) is 11.8 Å². The molecule has 0 aliphatic carbocycles. The maximum absolute atomic E-state index is 12.1. The number of carbonyl (C=O) groups excluding carboxylic acids is 2. The van der Waals surface area contributed by atoms with E-state index in [2.05, 4.69) is 15.9 Å². The summed E-state index contributed by atoms with van der Waals surface area (Å²) in [6.07, 6.45) is 2.62. The fraction of sp³-hybridized carbons (Fsp3) is 0.812. The molecule has 0 bridgehead atoms. The Hall–Kier alpha value is -1.65. The van der Waals surface area contributed by atoms with Gasteiger partial charge in [0.25, 0.3) is 0 Å². The normalized spacial score (nSPS) is 19.6. The van der Waals surface area contributed by atoms with Crippen LogP contribution in [0.15, 0.2) is 0 Å². The fourth-order valence-corrected chi connectivity index (χ4v) is 3.02. The van der Waals surface area contributed by atoms with Gasteiger partial charge in [-0.3, -0.25) is 19.4 Å². The Labute approximate surface area is 138 Å². The fourth-order valence-electron chi connectivity index (χ4n) is 3.02. The second-order valence-electron chi connectivity index (χ2n) is 6.36. The van der Waals surface area contributed by atoms with Crippen molar-refractivity contribution >= 4 is 11.8 Å². The zero-order valence-corrected chi connectivity index (χ0v) is 14.0. The van der Waals surface area contributed by atoms with Crippen molar-refractivity contribution in [3.05, 3.63) is 0 Å². The highest BCUT2D eigenvalue weighted by molar-refractivity contribution is 5.79. The molecule has 2 aliphatic heterocycles. The molecule has 2 fully saturated rings. The SMILES string of the molecule is CN(CCC#N)C(=O)CN1CCN(CC(=O)N2CCCC2)CC1. The van der Waals surface area contributed by atoms with Crippen molar-refractivity contribution in [2.45, 2.75) is 19.3 Å². The predicted molar refractivity (Wildman–Crippen MR) is 86.6 cm³/mol. The van der Waals surface area contributed by atoms with Crippen molar-refractivity contribution in [2.24, 2.45) is 0 Å². The van der Waals surface area contributed by atoms with Crippen LogP contribution in [0.5, 0.6) is 0 Å². The van der Waals surface area contributed by atoms with Crippen molar-refractivity contribution in [3.8, 4) is 6.07 Å². The largest absolute Gasteiger partial charge is 0.344 e. The van der Waals surface area contributed by atoms with Crippen molar-refractivity contribution in [3.63, 3.8) is 0 Å². The van der Waals surface area contributed by atoms with E-state index < -0.39 is 0 Å². The molecule has 2 rings (SSSR count). The lowest BCUT2D eigenvalue weighted by molar-refractivity contribution is -0.134. The second kappa shape index (κ2) is 8.85. The molecule has 23 heavy (non-hydrogen) atoms. The minimum atomic E-state index is 0.0573. The minimum absolute atomic E-state index is 0.0573. The van der Waals surface area contributed by atoms with Gasteiger partial charge in [0.05, 0.1) is 25.6 Å². The molecule has 0 atom stereocenters. The summed E-state index contributed by atoms with van der Waals surface area (Å²) in [7, 11) is 1.74. The number of carbonyl (C=O) groups is 2. The van der Waals surface area contributed by atoms with Gasteiger partial charge in [-0.05, 0) is 12.8 Å². The van der Waals surface area contributed by atoms with Crippen molar-refractivity contribution in [1.29, 1.82) is 5.26 Å². The Kier molecular flexibility index (Phi) is 6.81. The average molecular weight is 321 g/mol. The summed E-state index contributed by atoms with van der Waals surface area (Å²) in [4.78, 5) is 32.1. The molecule has 0 aromatic heterocycles. The topological polar surface area (TPSA) is 70.9 Å². The van der Waals surface area contributed by atoms with Crippen LogP contribution in [0, 0.1) is 11.3 Å². The van der Waals surface area contributed by atoms with Crippen LogP contribution in [-0.2, 0) is 9.59 Å². The van der Waals surface area contributed by atoms with Crippen molar-refractivity contribution in [1.82, 2.24) is 19.6 Å². The zero-order chi connectivity index (χ0) is 16.7. The lowest BCUT2D eigenvalue weighted by atomic mass is 10.3. The molecule has 0 radical (unpaired) electrons. The van der Waals surface area contributed by atoms with E-state index in [0.717, 1.165) is 52.1 Å². The van der Waals surface area contributed by atoms with Crippen LogP contribution in [0.25, 0.3) is 0 Å². The molecule has 7 nitrogen and oxygen atoms in total. The van der Waals surface area contributed by atoms with E-state index in [0.29, 0.717) is 26.1 Å². The van der Waals surface area contributed by atoms with E-state index in [9.17, 15) is 9.59 Å². The van der Waals surface area contributed by atoms with Crippen LogP contribution in [-0.4, -0.2) is 97.4 Å². The Balaban J connectivity index is 1.66. The Bertz CT molecular complexity index is 448. The Morgan fingerprint density at radius 3 is 2.13 bits per heavy atom. The molecule has 2 aliphatic rings. The van der Waals surface area contributed by atoms with Crippen LogP contribution >= 0.6 is 0 Å². The van der Waals surface area contributed by atoms with Gasteiger partial charge < -0.3 is 9.80 Å². The molecule has 0 aromatic rings. The van der Waals surface area contributed by atoms with Crippen LogP contribution in [0.1, 0.15) is 19.3 Å². The van der Waals surface area contributed by atoms with Crippen LogP contribution in [0.3, 0.4) is 0 Å². The number of likely N-dealkylation sites (N-methyl/N-ethyl adjacent to an activating group) is 1. The number of amides is 2. The summed E-state index contributed by atoms with van der Waals surface area (Å²) in [5, 5.41) is 8.56. The summed E-state index contributed by atoms with van der Waals surface area (Å²) < 4.78 is 0. The first-order valence-corrected chi connectivity index (χ1v) is 8.43. The number of hydrogen-bond donors (Lipinski definition) is 0. The van der Waals surface area contributed by atoms with E-state index in [1.165, 1.54) is 0 Å². The van der Waals surface area contributed by atoms with Gasteiger partial charge in [-0.15, -0.1) is 0 Å².